The van der Waals surface area contributed by atoms with Gasteiger partial charge in [0.05, 0.1) is 10.6 Å². The quantitative estimate of drug-likeness (QED) is 0.804. The number of carbonyl (C=O) groups excluding carboxylic acids is 2. The summed E-state index contributed by atoms with van der Waals surface area (Å²) in [6.07, 6.45) is -2.31. The van der Waals surface area contributed by atoms with Crippen LogP contribution in [-0.4, -0.2) is 24.4 Å². The topological polar surface area (TPSA) is 58.2 Å². The summed E-state index contributed by atoms with van der Waals surface area (Å²) >= 11 is 5.51. The molecule has 126 valence electrons. The number of benzene rings is 1. The van der Waals surface area contributed by atoms with Gasteiger partial charge in [-0.25, -0.2) is 0 Å². The molecule has 1 atom stereocenters. The fourth-order valence-electron chi connectivity index (χ4n) is 1.69. The van der Waals surface area contributed by atoms with E-state index < -0.39 is 28.7 Å². The molecule has 23 heavy (non-hydrogen) atoms. The molecular formula is C15H16ClF3N2O2. The minimum atomic E-state index is -4.57. The van der Waals surface area contributed by atoms with Gasteiger partial charge in [-0.3, -0.25) is 9.59 Å². The molecule has 0 heterocycles. The monoisotopic (exact) mass is 348 g/mol. The Morgan fingerprint density at radius 2 is 2.00 bits per heavy atom. The first-order chi connectivity index (χ1) is 10.6. The van der Waals surface area contributed by atoms with Crippen LogP contribution in [0.4, 0.5) is 13.2 Å². The summed E-state index contributed by atoms with van der Waals surface area (Å²) in [5, 5.41) is 4.53. The predicted molar refractivity (Wildman–Crippen MR) is 81.8 cm³/mol. The minimum Gasteiger partial charge on any atom is -0.355 e. The Bertz CT molecular complexity index is 615. The average Bonchev–Trinajstić information content (AvgIpc) is 2.45. The van der Waals surface area contributed by atoms with E-state index in [1.54, 1.807) is 6.92 Å². The van der Waals surface area contributed by atoms with Crippen LogP contribution in [0.2, 0.25) is 5.02 Å². The summed E-state index contributed by atoms with van der Waals surface area (Å²) in [4.78, 5) is 23.1. The van der Waals surface area contributed by atoms with Crippen molar-refractivity contribution in [3.63, 3.8) is 0 Å². The van der Waals surface area contributed by atoms with E-state index in [4.69, 9.17) is 11.6 Å². The second-order valence-electron chi connectivity index (χ2n) is 4.70. The molecule has 0 unspecified atom stereocenters. The molecule has 2 N–H and O–H groups in total. The van der Waals surface area contributed by atoms with Gasteiger partial charge in [-0.1, -0.05) is 17.7 Å². The summed E-state index contributed by atoms with van der Waals surface area (Å²) in [6, 6.07) is 2.57. The standard InChI is InChI=1S/C15H16ClF3N2O2/c1-3-20-14(23)9(2)21-13(22)7-5-10-4-6-12(16)11(8-10)15(17,18)19/h4-9H,3H2,1-2H3,(H,20,23)(H,21,22)/b7-5+/t9-/m1/s1. The van der Waals surface area contributed by atoms with Crippen molar-refractivity contribution in [3.8, 4) is 0 Å². The number of likely N-dealkylation sites (N-methyl/N-ethyl adjacent to an activating group) is 1. The van der Waals surface area contributed by atoms with Crippen LogP contribution in [0.15, 0.2) is 24.3 Å². The molecule has 0 spiro atoms. The molecule has 0 fully saturated rings. The van der Waals surface area contributed by atoms with E-state index in [1.807, 2.05) is 0 Å². The van der Waals surface area contributed by atoms with E-state index in [1.165, 1.54) is 19.1 Å². The first-order valence-electron chi connectivity index (χ1n) is 6.78. The molecule has 8 heteroatoms. The number of hydrogen-bond donors (Lipinski definition) is 2. The third kappa shape index (κ3) is 5.94. The summed E-state index contributed by atoms with van der Waals surface area (Å²) in [5.41, 5.74) is -0.806. The first-order valence-corrected chi connectivity index (χ1v) is 7.16. The maximum absolute atomic E-state index is 12.7. The van der Waals surface area contributed by atoms with Crippen molar-refractivity contribution in [2.24, 2.45) is 0 Å². The van der Waals surface area contributed by atoms with Crippen molar-refractivity contribution in [2.45, 2.75) is 26.1 Å². The highest BCUT2D eigenvalue weighted by molar-refractivity contribution is 6.31. The van der Waals surface area contributed by atoms with Gasteiger partial charge in [0.25, 0.3) is 0 Å². The Morgan fingerprint density at radius 1 is 1.35 bits per heavy atom. The van der Waals surface area contributed by atoms with Crippen LogP contribution in [0.25, 0.3) is 6.08 Å². The Morgan fingerprint density at radius 3 is 2.57 bits per heavy atom. The van der Waals surface area contributed by atoms with Crippen LogP contribution < -0.4 is 10.6 Å². The van der Waals surface area contributed by atoms with Crippen LogP contribution >= 0.6 is 11.6 Å². The van der Waals surface area contributed by atoms with Crippen LogP contribution in [0.1, 0.15) is 25.0 Å². The number of nitrogens with one attached hydrogen (secondary N) is 2. The van der Waals surface area contributed by atoms with Crippen LogP contribution in [-0.2, 0) is 15.8 Å². The van der Waals surface area contributed by atoms with Gasteiger partial charge in [0, 0.05) is 12.6 Å². The Hall–Kier alpha value is -2.02. The van der Waals surface area contributed by atoms with E-state index >= 15 is 0 Å². The van der Waals surface area contributed by atoms with Crippen LogP contribution in [0.5, 0.6) is 0 Å². The fourth-order valence-corrected chi connectivity index (χ4v) is 1.91. The smallest absolute Gasteiger partial charge is 0.355 e. The maximum Gasteiger partial charge on any atom is 0.417 e. The van der Waals surface area contributed by atoms with Gasteiger partial charge in [-0.2, -0.15) is 13.2 Å². The predicted octanol–water partition coefficient (Wildman–Crippen LogP) is 3.01. The molecule has 0 aromatic heterocycles. The van der Waals surface area contributed by atoms with Crippen molar-refractivity contribution in [3.05, 3.63) is 40.4 Å². The SMILES string of the molecule is CCNC(=O)[C@@H](C)NC(=O)/C=C/c1ccc(Cl)c(C(F)(F)F)c1. The highest BCUT2D eigenvalue weighted by Gasteiger charge is 2.33. The van der Waals surface area contributed by atoms with E-state index in [9.17, 15) is 22.8 Å². The molecule has 0 saturated heterocycles. The molecule has 2 amide bonds. The van der Waals surface area contributed by atoms with Crippen molar-refractivity contribution in [2.75, 3.05) is 6.54 Å². The number of alkyl halides is 3. The molecular weight excluding hydrogens is 333 g/mol. The molecule has 1 aromatic carbocycles. The molecule has 4 nitrogen and oxygen atoms in total. The van der Waals surface area contributed by atoms with Crippen molar-refractivity contribution >= 4 is 29.5 Å². The zero-order chi connectivity index (χ0) is 17.6. The largest absolute Gasteiger partial charge is 0.417 e. The van der Waals surface area contributed by atoms with Gasteiger partial charge in [0.1, 0.15) is 6.04 Å². The molecule has 0 aliphatic heterocycles. The van der Waals surface area contributed by atoms with Crippen LogP contribution in [0.3, 0.4) is 0 Å². The number of amides is 2. The lowest BCUT2D eigenvalue weighted by Crippen LogP contribution is -2.44. The average molecular weight is 349 g/mol. The molecule has 1 aromatic rings. The van der Waals surface area contributed by atoms with Crippen molar-refractivity contribution in [1.82, 2.24) is 10.6 Å². The Labute approximate surface area is 136 Å². The Kier molecular flexibility index (Phi) is 6.62. The second-order valence-corrected chi connectivity index (χ2v) is 5.10. The zero-order valence-corrected chi connectivity index (χ0v) is 13.3. The van der Waals surface area contributed by atoms with Gasteiger partial charge < -0.3 is 10.6 Å². The molecule has 1 rings (SSSR count). The summed E-state index contributed by atoms with van der Waals surface area (Å²) < 4.78 is 38.2. The van der Waals surface area contributed by atoms with E-state index in [2.05, 4.69) is 10.6 Å². The lowest BCUT2D eigenvalue weighted by Gasteiger charge is -2.11. The summed E-state index contributed by atoms with van der Waals surface area (Å²) in [6.45, 7) is 3.67. The number of rotatable bonds is 5. The molecule has 0 bridgehead atoms. The molecule has 0 radical (unpaired) electrons. The number of carbonyl (C=O) groups is 2. The number of halogens is 4. The Balaban J connectivity index is 2.78. The van der Waals surface area contributed by atoms with Crippen molar-refractivity contribution < 1.29 is 22.8 Å². The van der Waals surface area contributed by atoms with Gasteiger partial charge in [0.2, 0.25) is 11.8 Å². The second kappa shape index (κ2) is 8.01. The minimum absolute atomic E-state index is 0.169. The van der Waals surface area contributed by atoms with E-state index in [0.29, 0.717) is 6.54 Å². The normalized spacial score (nSPS) is 13.0. The maximum atomic E-state index is 12.7. The lowest BCUT2D eigenvalue weighted by molar-refractivity contribution is -0.137. The third-order valence-corrected chi connectivity index (χ3v) is 3.16. The van der Waals surface area contributed by atoms with Gasteiger partial charge in [-0.05, 0) is 37.6 Å². The third-order valence-electron chi connectivity index (χ3n) is 2.83. The molecule has 0 aliphatic carbocycles. The fraction of sp³-hybridized carbons (Fsp3) is 0.333. The highest BCUT2D eigenvalue weighted by atomic mass is 35.5. The molecule has 0 aliphatic rings. The van der Waals surface area contributed by atoms with E-state index in [-0.39, 0.29) is 11.5 Å². The first kappa shape index (κ1) is 19.0. The van der Waals surface area contributed by atoms with Crippen LogP contribution in [0, 0.1) is 0 Å². The number of hydrogen-bond acceptors (Lipinski definition) is 2. The molecule has 0 saturated carbocycles. The van der Waals surface area contributed by atoms with Gasteiger partial charge in [-0.15, -0.1) is 0 Å². The van der Waals surface area contributed by atoms with Gasteiger partial charge >= 0.3 is 6.18 Å². The zero-order valence-electron chi connectivity index (χ0n) is 12.5. The van der Waals surface area contributed by atoms with Gasteiger partial charge in [0.15, 0.2) is 0 Å². The summed E-state index contributed by atoms with van der Waals surface area (Å²) in [7, 11) is 0. The van der Waals surface area contributed by atoms with E-state index in [0.717, 1.165) is 18.2 Å². The lowest BCUT2D eigenvalue weighted by atomic mass is 10.1. The van der Waals surface area contributed by atoms with Crippen molar-refractivity contribution in [1.29, 1.82) is 0 Å². The summed E-state index contributed by atoms with van der Waals surface area (Å²) in [5.74, 6) is -0.938. The highest BCUT2D eigenvalue weighted by Crippen LogP contribution is 2.35.